The number of nitrogens with one attached hydrogen (secondary N) is 1. The maximum atomic E-state index is 12.5. The fourth-order valence-corrected chi connectivity index (χ4v) is 3.14. The Bertz CT molecular complexity index is 317. The first-order valence-corrected chi connectivity index (χ1v) is 7.07. The van der Waals surface area contributed by atoms with Crippen LogP contribution in [0.1, 0.15) is 40.5 Å². The highest BCUT2D eigenvalue weighted by molar-refractivity contribution is 5.82. The summed E-state index contributed by atoms with van der Waals surface area (Å²) >= 11 is 0. The van der Waals surface area contributed by atoms with Gasteiger partial charge in [-0.2, -0.15) is 0 Å². The number of carbonyl (C=O) groups excluding carboxylic acids is 1. The summed E-state index contributed by atoms with van der Waals surface area (Å²) in [6.45, 7) is 10.8. The Labute approximate surface area is 110 Å². The van der Waals surface area contributed by atoms with Crippen molar-refractivity contribution in [1.29, 1.82) is 0 Å². The van der Waals surface area contributed by atoms with Crippen molar-refractivity contribution in [2.24, 2.45) is 5.92 Å². The van der Waals surface area contributed by atoms with E-state index >= 15 is 0 Å². The maximum absolute atomic E-state index is 12.5. The van der Waals surface area contributed by atoms with Crippen LogP contribution >= 0.6 is 0 Å². The molecule has 2 heterocycles. The van der Waals surface area contributed by atoms with E-state index in [0.717, 1.165) is 19.5 Å². The molecule has 2 aliphatic heterocycles. The minimum Gasteiger partial charge on any atom is -0.369 e. The Hall–Kier alpha value is -0.610. The summed E-state index contributed by atoms with van der Waals surface area (Å²) in [5.41, 5.74) is -0.229. The molecule has 2 saturated heterocycles. The molecular weight excluding hydrogens is 228 g/mol. The lowest BCUT2D eigenvalue weighted by Gasteiger charge is -2.43. The molecule has 104 valence electrons. The molecule has 1 amide bonds. The van der Waals surface area contributed by atoms with Crippen LogP contribution in [0.2, 0.25) is 0 Å². The van der Waals surface area contributed by atoms with Gasteiger partial charge in [-0.05, 0) is 46.1 Å². The highest BCUT2D eigenvalue weighted by Crippen LogP contribution is 2.23. The van der Waals surface area contributed by atoms with E-state index in [9.17, 15) is 4.79 Å². The molecule has 2 aliphatic rings. The number of morpholine rings is 1. The highest BCUT2D eigenvalue weighted by atomic mass is 16.5. The second-order valence-corrected chi connectivity index (χ2v) is 6.54. The molecule has 0 aromatic heterocycles. The minimum atomic E-state index is -0.229. The number of ether oxygens (including phenoxy) is 1. The molecule has 3 atom stereocenters. The monoisotopic (exact) mass is 254 g/mol. The first kappa shape index (κ1) is 13.8. The molecule has 4 nitrogen and oxygen atoms in total. The summed E-state index contributed by atoms with van der Waals surface area (Å²) in [5, 5.41) is 3.36. The molecule has 0 saturated carbocycles. The fourth-order valence-electron chi connectivity index (χ4n) is 3.14. The van der Waals surface area contributed by atoms with Crippen molar-refractivity contribution in [3.8, 4) is 0 Å². The van der Waals surface area contributed by atoms with Crippen LogP contribution in [-0.2, 0) is 9.53 Å². The Morgan fingerprint density at radius 2 is 2.11 bits per heavy atom. The number of hydrogen-bond donors (Lipinski definition) is 1. The number of carbonyl (C=O) groups is 1. The summed E-state index contributed by atoms with van der Waals surface area (Å²) in [6, 6.07) is 0.00912. The van der Waals surface area contributed by atoms with Crippen LogP contribution in [0.25, 0.3) is 0 Å². The van der Waals surface area contributed by atoms with E-state index in [4.69, 9.17) is 4.74 Å². The van der Waals surface area contributed by atoms with Gasteiger partial charge in [-0.3, -0.25) is 4.79 Å². The Morgan fingerprint density at radius 1 is 1.39 bits per heavy atom. The lowest BCUT2D eigenvalue weighted by atomic mass is 9.93. The third kappa shape index (κ3) is 3.23. The van der Waals surface area contributed by atoms with Gasteiger partial charge in [-0.1, -0.05) is 6.92 Å². The topological polar surface area (TPSA) is 41.6 Å². The summed E-state index contributed by atoms with van der Waals surface area (Å²) in [7, 11) is 0. The predicted octanol–water partition coefficient (Wildman–Crippen LogP) is 1.40. The van der Waals surface area contributed by atoms with Gasteiger partial charge in [-0.25, -0.2) is 0 Å². The summed E-state index contributed by atoms with van der Waals surface area (Å²) < 4.78 is 5.85. The van der Waals surface area contributed by atoms with Crippen molar-refractivity contribution < 1.29 is 9.53 Å². The smallest absolute Gasteiger partial charge is 0.239 e. The van der Waals surface area contributed by atoms with Gasteiger partial charge in [0.2, 0.25) is 5.91 Å². The first-order valence-electron chi connectivity index (χ1n) is 7.07. The van der Waals surface area contributed by atoms with Gasteiger partial charge in [0.25, 0.3) is 0 Å². The maximum Gasteiger partial charge on any atom is 0.239 e. The van der Waals surface area contributed by atoms with Gasteiger partial charge in [0, 0.05) is 13.1 Å². The zero-order chi connectivity index (χ0) is 13.3. The molecular formula is C14H26N2O2. The largest absolute Gasteiger partial charge is 0.369 e. The molecule has 0 aromatic rings. The SMILES string of the molecule is CC1CCNC(C(=O)N2CC(C)OC(C)(C)C2)C1. The third-order valence-electron chi connectivity index (χ3n) is 3.85. The van der Waals surface area contributed by atoms with Crippen molar-refractivity contribution in [3.63, 3.8) is 0 Å². The Morgan fingerprint density at radius 3 is 2.72 bits per heavy atom. The molecule has 18 heavy (non-hydrogen) atoms. The van der Waals surface area contributed by atoms with Crippen LogP contribution < -0.4 is 5.32 Å². The van der Waals surface area contributed by atoms with Crippen LogP contribution in [0.4, 0.5) is 0 Å². The van der Waals surface area contributed by atoms with Gasteiger partial charge >= 0.3 is 0 Å². The van der Waals surface area contributed by atoms with Crippen molar-refractivity contribution in [1.82, 2.24) is 10.2 Å². The van der Waals surface area contributed by atoms with Crippen LogP contribution in [0.3, 0.4) is 0 Å². The second-order valence-electron chi connectivity index (χ2n) is 6.54. The number of rotatable bonds is 1. The second kappa shape index (κ2) is 5.17. The number of piperidine rings is 1. The summed E-state index contributed by atoms with van der Waals surface area (Å²) in [5.74, 6) is 0.899. The molecule has 0 aromatic carbocycles. The predicted molar refractivity (Wildman–Crippen MR) is 71.4 cm³/mol. The van der Waals surface area contributed by atoms with E-state index in [1.807, 2.05) is 11.8 Å². The lowest BCUT2D eigenvalue weighted by molar-refractivity contribution is -0.160. The third-order valence-corrected chi connectivity index (χ3v) is 3.85. The van der Waals surface area contributed by atoms with Crippen molar-refractivity contribution in [2.75, 3.05) is 19.6 Å². The van der Waals surface area contributed by atoms with E-state index in [1.165, 1.54) is 6.42 Å². The first-order chi connectivity index (χ1) is 8.37. The summed E-state index contributed by atoms with van der Waals surface area (Å²) in [6.07, 6.45) is 2.26. The van der Waals surface area contributed by atoms with Crippen LogP contribution in [0.5, 0.6) is 0 Å². The van der Waals surface area contributed by atoms with Crippen LogP contribution in [-0.4, -0.2) is 48.2 Å². The molecule has 4 heteroatoms. The average molecular weight is 254 g/mol. The molecule has 2 fully saturated rings. The minimum absolute atomic E-state index is 0.00912. The number of hydrogen-bond acceptors (Lipinski definition) is 3. The van der Waals surface area contributed by atoms with E-state index in [0.29, 0.717) is 12.5 Å². The van der Waals surface area contributed by atoms with Crippen molar-refractivity contribution in [3.05, 3.63) is 0 Å². The summed E-state index contributed by atoms with van der Waals surface area (Å²) in [4.78, 5) is 14.5. The van der Waals surface area contributed by atoms with E-state index in [2.05, 4.69) is 26.1 Å². The molecule has 0 radical (unpaired) electrons. The fraction of sp³-hybridized carbons (Fsp3) is 0.929. The molecule has 0 spiro atoms. The van der Waals surface area contributed by atoms with Crippen LogP contribution in [0.15, 0.2) is 0 Å². The van der Waals surface area contributed by atoms with Gasteiger partial charge < -0.3 is 15.0 Å². The quantitative estimate of drug-likeness (QED) is 0.769. The Kier molecular flexibility index (Phi) is 3.97. The van der Waals surface area contributed by atoms with E-state index < -0.39 is 0 Å². The molecule has 2 rings (SSSR count). The zero-order valence-electron chi connectivity index (χ0n) is 12.0. The number of amides is 1. The Balaban J connectivity index is 1.99. The number of nitrogens with zero attached hydrogens (tertiary/aromatic N) is 1. The lowest BCUT2D eigenvalue weighted by Crippen LogP contribution is -2.58. The van der Waals surface area contributed by atoms with Crippen LogP contribution in [0, 0.1) is 5.92 Å². The molecule has 0 aliphatic carbocycles. The van der Waals surface area contributed by atoms with Gasteiger partial charge in [0.05, 0.1) is 17.7 Å². The standard InChI is InChI=1S/C14H26N2O2/c1-10-5-6-15-12(7-10)13(17)16-8-11(2)18-14(3,4)9-16/h10-12,15H,5-9H2,1-4H3. The molecule has 1 N–H and O–H groups in total. The van der Waals surface area contributed by atoms with Crippen molar-refractivity contribution >= 4 is 5.91 Å². The van der Waals surface area contributed by atoms with Gasteiger partial charge in [0.1, 0.15) is 0 Å². The normalized spacial score (nSPS) is 36.4. The van der Waals surface area contributed by atoms with E-state index in [-0.39, 0.29) is 23.7 Å². The highest BCUT2D eigenvalue weighted by Gasteiger charge is 2.37. The zero-order valence-corrected chi connectivity index (χ0v) is 12.0. The van der Waals surface area contributed by atoms with E-state index in [1.54, 1.807) is 0 Å². The molecule has 3 unspecified atom stereocenters. The molecule has 0 bridgehead atoms. The van der Waals surface area contributed by atoms with Gasteiger partial charge in [-0.15, -0.1) is 0 Å². The van der Waals surface area contributed by atoms with Gasteiger partial charge in [0.15, 0.2) is 0 Å². The average Bonchev–Trinajstić information content (AvgIpc) is 2.25. The van der Waals surface area contributed by atoms with Crippen molar-refractivity contribution in [2.45, 2.75) is 58.3 Å².